The second kappa shape index (κ2) is 31.3. The van der Waals surface area contributed by atoms with Crippen molar-refractivity contribution in [1.29, 1.82) is 0 Å². The molecule has 7 saturated carbocycles. The monoisotopic (exact) mass is 1530 g/mol. The molecule has 28 heteroatoms. The van der Waals surface area contributed by atoms with Gasteiger partial charge in [-0.25, -0.2) is 17.9 Å². The van der Waals surface area contributed by atoms with Gasteiger partial charge in [-0.15, -0.1) is 0 Å². The molecular formula is C74H94BrCl3F3N17O4. The van der Waals surface area contributed by atoms with Crippen LogP contribution in [0.2, 0.25) is 15.1 Å². The number of fused-ring (bicyclic) bond motifs is 3. The number of H-pyrrole nitrogens is 3. The fourth-order valence-corrected chi connectivity index (χ4v) is 18.2. The molecule has 6 saturated heterocycles. The van der Waals surface area contributed by atoms with Crippen molar-refractivity contribution in [2.45, 2.75) is 175 Å². The largest absolute Gasteiger partial charge is 0.377 e. The van der Waals surface area contributed by atoms with Gasteiger partial charge in [-0.05, 0) is 198 Å². The number of ketones is 1. The minimum atomic E-state index is -0.959. The zero-order valence-corrected chi connectivity index (χ0v) is 62.3. The van der Waals surface area contributed by atoms with Gasteiger partial charge in [0, 0.05) is 80.9 Å². The van der Waals surface area contributed by atoms with Crippen LogP contribution in [0.3, 0.4) is 0 Å². The Morgan fingerprint density at radius 2 is 1.12 bits per heavy atom. The topological polar surface area (TPSA) is 228 Å². The highest BCUT2D eigenvalue weighted by Gasteiger charge is 2.59. The Labute approximate surface area is 616 Å². The summed E-state index contributed by atoms with van der Waals surface area (Å²) < 4.78 is 66.6. The Hall–Kier alpha value is -5.84. The molecule has 21 nitrogen and oxygen atoms in total. The average molecular weight is 1530 g/mol. The summed E-state index contributed by atoms with van der Waals surface area (Å²) in [7, 11) is 2.10. The van der Waals surface area contributed by atoms with Crippen molar-refractivity contribution in [2.24, 2.45) is 17.8 Å². The maximum absolute atomic E-state index is 15.4. The molecule has 0 unspecified atom stereocenters. The van der Waals surface area contributed by atoms with Crippen LogP contribution in [0.1, 0.15) is 145 Å². The number of aromatic amines is 3. The van der Waals surface area contributed by atoms with Gasteiger partial charge < -0.3 is 24.8 Å². The second-order valence-electron chi connectivity index (χ2n) is 30.6. The van der Waals surface area contributed by atoms with Crippen molar-refractivity contribution >= 4 is 89.2 Å². The zero-order valence-electron chi connectivity index (χ0n) is 58.5. The number of carbonyl (C=O) groups is 1. The fourth-order valence-electron chi connectivity index (χ4n) is 17.0. The van der Waals surface area contributed by atoms with Crippen molar-refractivity contribution in [3.8, 4) is 5.69 Å². The van der Waals surface area contributed by atoms with Gasteiger partial charge in [-0.2, -0.15) is 40.9 Å². The zero-order chi connectivity index (χ0) is 70.9. The van der Waals surface area contributed by atoms with Gasteiger partial charge in [-0.1, -0.05) is 61.0 Å². The van der Waals surface area contributed by atoms with Crippen LogP contribution in [0.25, 0.3) is 38.4 Å². The molecule has 3 aromatic carbocycles. The highest BCUT2D eigenvalue weighted by Crippen LogP contribution is 2.63. The fraction of sp³-hybridized carbons (Fsp3) is 0.595. The molecule has 102 heavy (non-hydrogen) atoms. The van der Waals surface area contributed by atoms with E-state index in [1.807, 2.05) is 59.7 Å². The molecule has 0 amide bonds. The maximum Gasteiger partial charge on any atom is 0.184 e. The number of alkyl halides is 3. The van der Waals surface area contributed by atoms with Gasteiger partial charge in [0.15, 0.2) is 5.78 Å². The van der Waals surface area contributed by atoms with Gasteiger partial charge in [-0.3, -0.25) is 34.2 Å². The minimum absolute atomic E-state index is 0.00638. The molecular weight excluding hydrogens is 1430 g/mol. The number of hydrogen-bond donors (Lipinski definition) is 5. The van der Waals surface area contributed by atoms with Gasteiger partial charge in [0.25, 0.3) is 0 Å². The first-order chi connectivity index (χ1) is 49.3. The van der Waals surface area contributed by atoms with Crippen molar-refractivity contribution in [1.82, 2.24) is 85.6 Å². The van der Waals surface area contributed by atoms with Crippen LogP contribution in [0.15, 0.2) is 96.6 Å². The van der Waals surface area contributed by atoms with Crippen LogP contribution in [0.5, 0.6) is 0 Å². The average Bonchev–Trinajstić information content (AvgIpc) is 1.13. The van der Waals surface area contributed by atoms with E-state index >= 15 is 4.39 Å². The molecule has 13 aliphatic rings. The molecule has 12 heterocycles. The van der Waals surface area contributed by atoms with Crippen LogP contribution in [-0.2, 0) is 30.1 Å². The van der Waals surface area contributed by atoms with Gasteiger partial charge in [0.05, 0.1) is 119 Å². The van der Waals surface area contributed by atoms with E-state index in [0.717, 1.165) is 122 Å². The molecule has 6 aliphatic heterocycles. The lowest BCUT2D eigenvalue weighted by atomic mass is 9.50. The minimum Gasteiger partial charge on any atom is -0.377 e. The molecule has 6 aromatic heterocycles. The number of benzene rings is 3. The molecule has 8 atom stereocenters. The van der Waals surface area contributed by atoms with E-state index in [0.29, 0.717) is 79.9 Å². The van der Waals surface area contributed by atoms with Gasteiger partial charge in [0.1, 0.15) is 37.4 Å². The van der Waals surface area contributed by atoms with Crippen molar-refractivity contribution < 1.29 is 32.2 Å². The number of piperidine rings is 3. The quantitative estimate of drug-likeness (QED) is 0.0858. The Balaban J connectivity index is 0.000000110. The number of Topliss-reactive ketones (excluding diaryl/α,β-unsaturated/α-hetero) is 1. The molecule has 7 aliphatic carbocycles. The molecule has 13 fully saturated rings. The number of rotatable bonds is 10. The van der Waals surface area contributed by atoms with Crippen molar-refractivity contribution in [2.75, 3.05) is 86.0 Å². The highest BCUT2D eigenvalue weighted by molar-refractivity contribution is 9.10. The summed E-state index contributed by atoms with van der Waals surface area (Å²) in [4.78, 5) is 14.2. The summed E-state index contributed by atoms with van der Waals surface area (Å²) in [5, 5.41) is 47.9. The summed E-state index contributed by atoms with van der Waals surface area (Å²) in [6.45, 7) is 13.9. The van der Waals surface area contributed by atoms with Crippen LogP contribution < -0.4 is 10.6 Å². The third-order valence-electron chi connectivity index (χ3n) is 23.7. The molecule has 0 radical (unpaired) electrons. The number of halogens is 7. The first kappa shape index (κ1) is 73.1. The SMILES string of the molecule is Brc1cnn(C23CC(C2)C3)c1.CC1(N2CC[C@@H](c3cc4[nH]ncc4cc3Cl)[C@H](F)C2)COC1.CC1(N2CC[C@@H](c3cc4c(cnn4-c4cnn(C56CC(C5)C6)c4)cc3Cl)[C@H](F)C2)COC1.CC[C@@H]1CCCC[C@H]1NC.F[C@@H]1CNCC[C@H]1c1cc2[nH]ncc2cc1Cl.O=C1COC1.c1cn[nH]n1. The van der Waals surface area contributed by atoms with Crippen LogP contribution in [0.4, 0.5) is 13.2 Å². The Morgan fingerprint density at radius 3 is 1.54 bits per heavy atom. The smallest absolute Gasteiger partial charge is 0.184 e. The van der Waals surface area contributed by atoms with E-state index in [1.165, 1.54) is 70.6 Å². The summed E-state index contributed by atoms with van der Waals surface area (Å²) in [6, 6.07) is 12.4. The van der Waals surface area contributed by atoms with E-state index < -0.39 is 18.5 Å². The number of carbonyl (C=O) groups excluding carboxylic acids is 1. The lowest BCUT2D eigenvalue weighted by molar-refractivity contribution is -0.143. The van der Waals surface area contributed by atoms with Crippen LogP contribution in [0, 0.1) is 17.8 Å². The Bertz CT molecular complexity index is 4220. The van der Waals surface area contributed by atoms with Crippen LogP contribution >= 0.6 is 50.7 Å². The molecule has 4 bridgehead atoms. The molecule has 22 rings (SSSR count). The first-order valence-corrected chi connectivity index (χ1v) is 38.3. The second-order valence-corrected chi connectivity index (χ2v) is 32.8. The number of aromatic nitrogens is 13. The standard InChI is InChI=1S/C24H27ClFN5O.C16H19ClFN3O.C12H13ClFN3.C9H19N.C8H9BrN2.C3H4O2.C2H3N3/c1-23(13-32-14-23)29-3-2-18(21(26)12-29)19-5-22-16(4-20(19)25)9-28-31(22)17-10-27-30(11-17)24-6-15(7-24)8-24;1-16(8-22-9-16)21-3-2-11(14(18)7-21)12-5-15-10(4-13(12)17)6-19-20-15;13-10-3-7-5-16-17-12(7)4-9(10)8-1-2-15-6-11(8)14;1-3-8-6-4-5-7-9(8)10-2;9-7-4-10-11(5-7)8-1-6(2-8)3-8;4-3-1-5-2-3;1-2-4-5-3-1/h4-5,9-11,15,18,21H,2-3,6-8,12-14H2,1H3;4-6,11,14H,2-3,7-9H2,1H3,(H,19,20);3-5,8,11,15H,1-2,6H2,(H,16,17);8-10H,3-7H2,1-2H3;4-6H,1-3H2;1-2H2;1-2H,(H,3,4,5)/t15?,18-,21+,24?;11-,14+;8-,11+;8-,9-;;;/m0001.../s1. The lowest BCUT2D eigenvalue weighted by Crippen LogP contribution is -2.63. The Morgan fingerprint density at radius 1 is 0.608 bits per heavy atom. The summed E-state index contributed by atoms with van der Waals surface area (Å²) >= 11 is 22.7. The third-order valence-corrected chi connectivity index (χ3v) is 25.1. The molecule has 548 valence electrons. The van der Waals surface area contributed by atoms with Crippen LogP contribution in [-0.4, -0.2) is 202 Å². The van der Waals surface area contributed by atoms with Gasteiger partial charge in [0.2, 0.25) is 0 Å². The highest BCUT2D eigenvalue weighted by atomic mass is 79.9. The molecule has 5 N–H and O–H groups in total. The van der Waals surface area contributed by atoms with Gasteiger partial charge >= 0.3 is 0 Å². The molecule has 9 aromatic rings. The predicted octanol–water partition coefficient (Wildman–Crippen LogP) is 13.8. The number of nitrogens with zero attached hydrogens (tertiary/aromatic N) is 12. The third kappa shape index (κ3) is 15.4. The van der Waals surface area contributed by atoms with Crippen molar-refractivity contribution in [3.63, 3.8) is 0 Å². The van der Waals surface area contributed by atoms with E-state index in [-0.39, 0.29) is 40.2 Å². The number of likely N-dealkylation sites (tertiary alicyclic amines) is 2. The maximum atomic E-state index is 15.4. The summed E-state index contributed by atoms with van der Waals surface area (Å²) in [6.07, 6.45) is 30.9. The molecule has 0 spiro atoms. The normalized spacial score (nSPS) is 30.0. The van der Waals surface area contributed by atoms with E-state index in [4.69, 9.17) is 44.3 Å². The summed E-state index contributed by atoms with van der Waals surface area (Å²) in [5.41, 5.74) is 7.07. The lowest BCUT2D eigenvalue weighted by Gasteiger charge is -2.61. The number of ether oxygens (including phenoxy) is 3. The predicted molar refractivity (Wildman–Crippen MR) is 393 cm³/mol. The van der Waals surface area contributed by atoms with Crippen molar-refractivity contribution in [3.05, 3.63) is 128 Å². The first-order valence-electron chi connectivity index (χ1n) is 36.4. The van der Waals surface area contributed by atoms with E-state index in [2.05, 4.69) is 142 Å². The Kier molecular flexibility index (Phi) is 22.4. The van der Waals surface area contributed by atoms with E-state index in [1.54, 1.807) is 24.8 Å². The van der Waals surface area contributed by atoms with E-state index in [9.17, 15) is 13.6 Å². The summed E-state index contributed by atoms with van der Waals surface area (Å²) in [5.74, 6) is 2.62. The number of hydrogen-bond acceptors (Lipinski definition) is 15. The number of nitrogens with one attached hydrogen (secondary N) is 5.